The number of ether oxygens (including phenoxy) is 1. The minimum Gasteiger partial charge on any atom is -0.504 e. The Labute approximate surface area is 122 Å². The third-order valence-electron chi connectivity index (χ3n) is 5.80. The first kappa shape index (κ1) is 13.1. The topological polar surface area (TPSA) is 78.8 Å². The van der Waals surface area contributed by atoms with E-state index in [9.17, 15) is 15.0 Å². The molecule has 21 heavy (non-hydrogen) atoms. The maximum atomic E-state index is 12.3. The number of phenolic OH excluding ortho intramolecular Hbond substituents is 1. The lowest BCUT2D eigenvalue weighted by molar-refractivity contribution is -0.154. The predicted octanol–water partition coefficient (Wildman–Crippen LogP) is 0.649. The fourth-order valence-corrected chi connectivity index (χ4v) is 4.64. The van der Waals surface area contributed by atoms with Crippen molar-refractivity contribution in [3.8, 4) is 11.5 Å². The van der Waals surface area contributed by atoms with Crippen molar-refractivity contribution in [3.05, 3.63) is 23.3 Å². The van der Waals surface area contributed by atoms with Crippen molar-refractivity contribution in [1.29, 1.82) is 0 Å². The van der Waals surface area contributed by atoms with Gasteiger partial charge in [0.1, 0.15) is 0 Å². The van der Waals surface area contributed by atoms with Crippen LogP contribution in [0.2, 0.25) is 0 Å². The molecule has 2 aliphatic carbocycles. The number of likely N-dealkylation sites (N-methyl/N-ethyl adjacent to an activating group) is 1. The fraction of sp³-hybridized carbons (Fsp3) is 0.562. The van der Waals surface area contributed by atoms with Crippen LogP contribution in [0.5, 0.6) is 11.5 Å². The summed E-state index contributed by atoms with van der Waals surface area (Å²) < 4.78 is 5.82. The number of Topliss-reactive ketones (excluding diaryl/α,β-unsaturated/α-hetero) is 1. The second kappa shape index (κ2) is 3.78. The Hall–Kier alpha value is -1.59. The van der Waals surface area contributed by atoms with Crippen LogP contribution in [-0.4, -0.2) is 40.8 Å². The van der Waals surface area contributed by atoms with Crippen LogP contribution >= 0.6 is 0 Å². The number of hydrogen-bond donors (Lipinski definition) is 3. The highest BCUT2D eigenvalue weighted by atomic mass is 16.5. The zero-order valence-corrected chi connectivity index (χ0v) is 12.1. The molecule has 1 fully saturated rings. The average Bonchev–Trinajstić information content (AvgIpc) is 2.79. The molecular weight excluding hydrogens is 270 g/mol. The molecule has 3 N–H and O–H groups in total. The van der Waals surface area contributed by atoms with E-state index in [2.05, 4.69) is 5.32 Å². The Kier molecular flexibility index (Phi) is 2.36. The number of carbonyl (C=O) groups excluding carboxylic acids is 1. The molecule has 1 saturated carbocycles. The van der Waals surface area contributed by atoms with E-state index in [1.54, 1.807) is 6.07 Å². The Morgan fingerprint density at radius 3 is 2.90 bits per heavy atom. The molecule has 0 unspecified atom stereocenters. The number of aliphatic hydroxyl groups is 1. The van der Waals surface area contributed by atoms with E-state index in [1.807, 2.05) is 20.0 Å². The number of nitrogens with one attached hydrogen (secondary N) is 1. The molecule has 5 heteroatoms. The number of aromatic hydroxyl groups is 1. The monoisotopic (exact) mass is 289 g/mol. The van der Waals surface area contributed by atoms with Crippen LogP contribution in [0.4, 0.5) is 0 Å². The van der Waals surface area contributed by atoms with E-state index >= 15 is 0 Å². The number of carbonyl (C=O) groups is 1. The van der Waals surface area contributed by atoms with Gasteiger partial charge in [0.25, 0.3) is 0 Å². The molecule has 0 bridgehead atoms. The summed E-state index contributed by atoms with van der Waals surface area (Å²) in [5.74, 6) is 0.422. The quantitative estimate of drug-likeness (QED) is 0.707. The minimum atomic E-state index is -1.05. The molecule has 0 radical (unpaired) electrons. The molecule has 112 valence electrons. The highest BCUT2D eigenvalue weighted by Crippen LogP contribution is 2.60. The zero-order valence-electron chi connectivity index (χ0n) is 12.1. The van der Waals surface area contributed by atoms with Gasteiger partial charge >= 0.3 is 0 Å². The van der Waals surface area contributed by atoms with E-state index in [0.29, 0.717) is 25.0 Å². The van der Waals surface area contributed by atoms with Crippen LogP contribution in [0.15, 0.2) is 12.1 Å². The maximum absolute atomic E-state index is 12.3. The van der Waals surface area contributed by atoms with Gasteiger partial charge in [0.15, 0.2) is 23.4 Å². The van der Waals surface area contributed by atoms with Crippen LogP contribution < -0.4 is 10.1 Å². The molecule has 1 aromatic carbocycles. The molecule has 0 amide bonds. The van der Waals surface area contributed by atoms with Gasteiger partial charge in [0.2, 0.25) is 0 Å². The Balaban J connectivity index is 2.05. The summed E-state index contributed by atoms with van der Waals surface area (Å²) in [5.41, 5.74) is -0.00889. The number of ketones is 1. The van der Waals surface area contributed by atoms with E-state index in [0.717, 1.165) is 11.1 Å². The number of phenols is 1. The first-order chi connectivity index (χ1) is 9.93. The summed E-state index contributed by atoms with van der Waals surface area (Å²) in [6, 6.07) is 3.34. The molecule has 3 aliphatic rings. The largest absolute Gasteiger partial charge is 0.504 e. The van der Waals surface area contributed by atoms with Gasteiger partial charge in [-0.2, -0.15) is 0 Å². The van der Waals surface area contributed by atoms with Crippen molar-refractivity contribution in [2.24, 2.45) is 0 Å². The highest BCUT2D eigenvalue weighted by Gasteiger charge is 2.68. The summed E-state index contributed by atoms with van der Waals surface area (Å²) in [5, 5.41) is 24.7. The third-order valence-corrected chi connectivity index (χ3v) is 5.80. The SMILES string of the molecule is CN[C@@H]1Cc2ccc(O)c3c2[C@@]2(C)[C@@H](O3)C(=O)CC[C@@]12O. The van der Waals surface area contributed by atoms with Crippen LogP contribution in [0.3, 0.4) is 0 Å². The smallest absolute Gasteiger partial charge is 0.174 e. The Morgan fingerprint density at radius 2 is 2.19 bits per heavy atom. The molecule has 0 spiro atoms. The van der Waals surface area contributed by atoms with Gasteiger partial charge in [0.05, 0.1) is 11.0 Å². The van der Waals surface area contributed by atoms with E-state index < -0.39 is 17.1 Å². The first-order valence-corrected chi connectivity index (χ1v) is 7.38. The van der Waals surface area contributed by atoms with Crippen LogP contribution in [-0.2, 0) is 16.6 Å². The number of rotatable bonds is 1. The van der Waals surface area contributed by atoms with Gasteiger partial charge in [-0.3, -0.25) is 4.79 Å². The van der Waals surface area contributed by atoms with Crippen molar-refractivity contribution >= 4 is 5.78 Å². The summed E-state index contributed by atoms with van der Waals surface area (Å²) in [4.78, 5) is 12.3. The molecule has 1 aromatic rings. The summed E-state index contributed by atoms with van der Waals surface area (Å²) in [7, 11) is 1.83. The second-order valence-electron chi connectivity index (χ2n) is 6.58. The number of hydrogen-bond acceptors (Lipinski definition) is 5. The summed E-state index contributed by atoms with van der Waals surface area (Å²) in [6.45, 7) is 1.90. The highest BCUT2D eigenvalue weighted by molar-refractivity contribution is 5.89. The van der Waals surface area contributed by atoms with Crippen molar-refractivity contribution in [2.45, 2.75) is 49.3 Å². The molecule has 4 atom stereocenters. The van der Waals surface area contributed by atoms with Gasteiger partial charge in [-0.1, -0.05) is 6.07 Å². The third kappa shape index (κ3) is 1.27. The predicted molar refractivity (Wildman–Crippen MR) is 75.6 cm³/mol. The van der Waals surface area contributed by atoms with E-state index in [-0.39, 0.29) is 17.6 Å². The Morgan fingerprint density at radius 1 is 1.43 bits per heavy atom. The fourth-order valence-electron chi connectivity index (χ4n) is 4.64. The average molecular weight is 289 g/mol. The maximum Gasteiger partial charge on any atom is 0.174 e. The molecule has 1 aliphatic heterocycles. The normalized spacial score (nSPS) is 39.9. The van der Waals surface area contributed by atoms with Crippen molar-refractivity contribution < 1.29 is 19.7 Å². The summed E-state index contributed by atoms with van der Waals surface area (Å²) >= 11 is 0. The Bertz CT molecular complexity index is 658. The van der Waals surface area contributed by atoms with Crippen LogP contribution in [0.25, 0.3) is 0 Å². The summed E-state index contributed by atoms with van der Waals surface area (Å²) in [6.07, 6.45) is 0.672. The van der Waals surface area contributed by atoms with Crippen LogP contribution in [0.1, 0.15) is 30.9 Å². The first-order valence-electron chi connectivity index (χ1n) is 7.38. The molecule has 0 saturated heterocycles. The van der Waals surface area contributed by atoms with Gasteiger partial charge in [-0.15, -0.1) is 0 Å². The zero-order chi connectivity index (χ0) is 15.0. The number of benzene rings is 1. The van der Waals surface area contributed by atoms with E-state index in [4.69, 9.17) is 4.74 Å². The van der Waals surface area contributed by atoms with Gasteiger partial charge < -0.3 is 20.3 Å². The lowest BCUT2D eigenvalue weighted by Gasteiger charge is -2.54. The lowest BCUT2D eigenvalue weighted by atomic mass is 9.53. The van der Waals surface area contributed by atoms with Gasteiger partial charge in [-0.25, -0.2) is 0 Å². The van der Waals surface area contributed by atoms with Crippen molar-refractivity contribution in [3.63, 3.8) is 0 Å². The van der Waals surface area contributed by atoms with Crippen LogP contribution in [0, 0.1) is 0 Å². The van der Waals surface area contributed by atoms with E-state index in [1.165, 1.54) is 0 Å². The van der Waals surface area contributed by atoms with Gasteiger partial charge in [0, 0.05) is 18.0 Å². The minimum absolute atomic E-state index is 0.000443. The molecular formula is C16H19NO4. The standard InChI is InChI=1S/C16H19NO4/c1-15-12-8-3-4-9(18)13(12)21-14(15)10(19)5-6-16(15,20)11(7-8)17-2/h3-4,11,14,17-18,20H,5-7H2,1-2H3/t11-,14+,15+,16-/m1/s1. The molecule has 1 heterocycles. The van der Waals surface area contributed by atoms with Crippen molar-refractivity contribution in [1.82, 2.24) is 5.32 Å². The molecule has 0 aromatic heterocycles. The second-order valence-corrected chi connectivity index (χ2v) is 6.58. The lowest BCUT2D eigenvalue weighted by Crippen LogP contribution is -2.71. The molecule has 4 rings (SSSR count). The van der Waals surface area contributed by atoms with Gasteiger partial charge in [-0.05, 0) is 38.4 Å². The van der Waals surface area contributed by atoms with Crippen molar-refractivity contribution in [2.75, 3.05) is 7.05 Å². The molecule has 5 nitrogen and oxygen atoms in total.